The summed E-state index contributed by atoms with van der Waals surface area (Å²) in [5.41, 5.74) is 6.34. The summed E-state index contributed by atoms with van der Waals surface area (Å²) in [6.07, 6.45) is 3.92. The van der Waals surface area contributed by atoms with Gasteiger partial charge >= 0.3 is 0 Å². The Hall–Kier alpha value is -0.940. The Morgan fingerprint density at radius 2 is 2.18 bits per heavy atom. The minimum absolute atomic E-state index is 0.0129. The molecule has 96 valence electrons. The number of carbonyl (C=O) groups is 1. The third-order valence-corrected chi connectivity index (χ3v) is 3.76. The Labute approximate surface area is 102 Å². The highest BCUT2D eigenvalue weighted by Crippen LogP contribution is 2.29. The van der Waals surface area contributed by atoms with E-state index in [4.69, 9.17) is 5.73 Å². The second kappa shape index (κ2) is 5.14. The Bertz CT molecular complexity index is 330. The van der Waals surface area contributed by atoms with Crippen molar-refractivity contribution in [1.29, 1.82) is 0 Å². The predicted molar refractivity (Wildman–Crippen MR) is 65.4 cm³/mol. The fraction of sp³-hybridized carbons (Fsp3) is 0.833. The molecular formula is C12H21N3O2. The first-order valence-electron chi connectivity index (χ1n) is 6.41. The quantitative estimate of drug-likeness (QED) is 0.751. The van der Waals surface area contributed by atoms with Crippen LogP contribution in [-0.2, 0) is 4.79 Å². The molecule has 2 aliphatic rings. The molecule has 3 N–H and O–H groups in total. The van der Waals surface area contributed by atoms with E-state index in [1.54, 1.807) is 0 Å². The van der Waals surface area contributed by atoms with E-state index in [9.17, 15) is 9.90 Å². The molecule has 0 aromatic heterocycles. The van der Waals surface area contributed by atoms with Crippen LogP contribution in [0.3, 0.4) is 0 Å². The van der Waals surface area contributed by atoms with E-state index >= 15 is 0 Å². The Morgan fingerprint density at radius 1 is 1.47 bits per heavy atom. The smallest absolute Gasteiger partial charge is 0.251 e. The molecule has 5 nitrogen and oxygen atoms in total. The van der Waals surface area contributed by atoms with Gasteiger partial charge in [-0.2, -0.15) is 5.10 Å². The van der Waals surface area contributed by atoms with E-state index < -0.39 is 6.10 Å². The number of hydrazone groups is 1. The molecule has 1 saturated carbocycles. The molecule has 0 radical (unpaired) electrons. The second-order valence-electron chi connectivity index (χ2n) is 4.97. The first kappa shape index (κ1) is 12.5. The largest absolute Gasteiger partial charge is 0.391 e. The van der Waals surface area contributed by atoms with Crippen LogP contribution < -0.4 is 5.73 Å². The average Bonchev–Trinajstić information content (AvgIpc) is 2.58. The lowest BCUT2D eigenvalue weighted by molar-refractivity contribution is -0.137. The lowest BCUT2D eigenvalue weighted by atomic mass is 9.91. The van der Waals surface area contributed by atoms with Crippen molar-refractivity contribution in [2.24, 2.45) is 16.8 Å². The van der Waals surface area contributed by atoms with E-state index in [1.165, 1.54) is 5.01 Å². The first-order chi connectivity index (χ1) is 8.15. The summed E-state index contributed by atoms with van der Waals surface area (Å²) >= 11 is 0. The number of nitrogens with two attached hydrogens (primary N) is 1. The van der Waals surface area contributed by atoms with Crippen LogP contribution >= 0.6 is 0 Å². The van der Waals surface area contributed by atoms with Gasteiger partial charge in [0.15, 0.2) is 0 Å². The number of aliphatic hydroxyl groups excluding tert-OH is 1. The topological polar surface area (TPSA) is 78.9 Å². The third kappa shape index (κ3) is 2.35. The zero-order valence-corrected chi connectivity index (χ0v) is 10.3. The minimum Gasteiger partial charge on any atom is -0.391 e. The highest BCUT2D eigenvalue weighted by molar-refractivity contribution is 6.06. The predicted octanol–water partition coefficient (Wildman–Crippen LogP) is 0.473. The molecule has 0 aromatic carbocycles. The number of rotatable bonds is 3. The normalized spacial score (nSPS) is 34.1. The van der Waals surface area contributed by atoms with Gasteiger partial charge in [-0.25, -0.2) is 5.01 Å². The molecule has 0 bridgehead atoms. The van der Waals surface area contributed by atoms with Gasteiger partial charge in [-0.3, -0.25) is 4.79 Å². The van der Waals surface area contributed by atoms with Gasteiger partial charge in [0.1, 0.15) is 0 Å². The van der Waals surface area contributed by atoms with Gasteiger partial charge in [-0.15, -0.1) is 0 Å². The number of hydrogen-bond acceptors (Lipinski definition) is 4. The van der Waals surface area contributed by atoms with Crippen molar-refractivity contribution < 1.29 is 9.90 Å². The Kier molecular flexibility index (Phi) is 3.79. The molecule has 0 spiro atoms. The van der Waals surface area contributed by atoms with Crippen molar-refractivity contribution >= 4 is 11.6 Å². The van der Waals surface area contributed by atoms with Gasteiger partial charge < -0.3 is 10.8 Å². The van der Waals surface area contributed by atoms with Gasteiger partial charge in [0.25, 0.3) is 5.91 Å². The van der Waals surface area contributed by atoms with Gasteiger partial charge in [-0.05, 0) is 32.7 Å². The molecule has 0 saturated heterocycles. The fourth-order valence-corrected chi connectivity index (χ4v) is 2.74. The molecule has 3 atom stereocenters. The van der Waals surface area contributed by atoms with Crippen molar-refractivity contribution in [2.75, 3.05) is 6.54 Å². The van der Waals surface area contributed by atoms with E-state index in [1.807, 2.05) is 6.92 Å². The SMILES string of the molecule is CC1=NN(C2CCCCC2O)C(=O)C1CCN. The van der Waals surface area contributed by atoms with Crippen LogP contribution in [0.15, 0.2) is 5.10 Å². The Balaban J connectivity index is 2.09. The van der Waals surface area contributed by atoms with E-state index in [-0.39, 0.29) is 17.9 Å². The van der Waals surface area contributed by atoms with Gasteiger partial charge in [0.05, 0.1) is 18.1 Å². The van der Waals surface area contributed by atoms with Crippen LogP contribution in [0.2, 0.25) is 0 Å². The van der Waals surface area contributed by atoms with Crippen LogP contribution in [0.5, 0.6) is 0 Å². The molecule has 3 unspecified atom stereocenters. The summed E-state index contributed by atoms with van der Waals surface area (Å²) in [5, 5.41) is 15.8. The van der Waals surface area contributed by atoms with Crippen LogP contribution in [0.1, 0.15) is 39.0 Å². The summed E-state index contributed by atoms with van der Waals surface area (Å²) in [7, 11) is 0. The molecule has 17 heavy (non-hydrogen) atoms. The zero-order valence-electron chi connectivity index (χ0n) is 10.3. The number of aliphatic hydroxyl groups is 1. The maximum absolute atomic E-state index is 12.2. The molecule has 1 aliphatic heterocycles. The molecule has 1 amide bonds. The first-order valence-corrected chi connectivity index (χ1v) is 6.41. The van der Waals surface area contributed by atoms with E-state index in [2.05, 4.69) is 5.10 Å². The molecular weight excluding hydrogens is 218 g/mol. The molecule has 1 heterocycles. The van der Waals surface area contributed by atoms with E-state index in [0.717, 1.165) is 31.4 Å². The molecule has 1 fully saturated rings. The van der Waals surface area contributed by atoms with Gasteiger partial charge in [-0.1, -0.05) is 12.8 Å². The molecule has 0 aromatic rings. The number of nitrogens with zero attached hydrogens (tertiary/aromatic N) is 2. The molecule has 2 rings (SSSR count). The summed E-state index contributed by atoms with van der Waals surface area (Å²) < 4.78 is 0. The van der Waals surface area contributed by atoms with Crippen molar-refractivity contribution in [2.45, 2.75) is 51.2 Å². The summed E-state index contributed by atoms with van der Waals surface area (Å²) in [6.45, 7) is 2.36. The van der Waals surface area contributed by atoms with E-state index in [0.29, 0.717) is 13.0 Å². The van der Waals surface area contributed by atoms with Gasteiger partial charge in [0.2, 0.25) is 0 Å². The lowest BCUT2D eigenvalue weighted by Crippen LogP contribution is -2.45. The van der Waals surface area contributed by atoms with Crippen molar-refractivity contribution in [3.63, 3.8) is 0 Å². The van der Waals surface area contributed by atoms with Crippen LogP contribution in [0, 0.1) is 5.92 Å². The standard InChI is InChI=1S/C12H21N3O2/c1-8-9(6-7-13)12(17)15(14-8)10-4-2-3-5-11(10)16/h9-11,16H,2-7,13H2,1H3. The summed E-state index contributed by atoms with van der Waals surface area (Å²) in [4.78, 5) is 12.2. The Morgan fingerprint density at radius 3 is 2.82 bits per heavy atom. The number of hydrogen-bond donors (Lipinski definition) is 2. The van der Waals surface area contributed by atoms with Crippen molar-refractivity contribution in [3.8, 4) is 0 Å². The monoisotopic (exact) mass is 239 g/mol. The minimum atomic E-state index is -0.430. The van der Waals surface area contributed by atoms with Crippen LogP contribution in [0.4, 0.5) is 0 Å². The maximum atomic E-state index is 12.2. The number of amides is 1. The zero-order chi connectivity index (χ0) is 12.4. The summed E-state index contributed by atoms with van der Waals surface area (Å²) in [5.74, 6) is -0.159. The highest BCUT2D eigenvalue weighted by atomic mass is 16.3. The van der Waals surface area contributed by atoms with Crippen molar-refractivity contribution in [3.05, 3.63) is 0 Å². The average molecular weight is 239 g/mol. The molecule has 1 aliphatic carbocycles. The second-order valence-corrected chi connectivity index (χ2v) is 4.97. The fourth-order valence-electron chi connectivity index (χ4n) is 2.74. The highest BCUT2D eigenvalue weighted by Gasteiger charge is 2.40. The lowest BCUT2D eigenvalue weighted by Gasteiger charge is -2.32. The summed E-state index contributed by atoms with van der Waals surface area (Å²) in [6, 6.07) is -0.131. The maximum Gasteiger partial charge on any atom is 0.251 e. The third-order valence-electron chi connectivity index (χ3n) is 3.76. The number of carbonyl (C=O) groups excluding carboxylic acids is 1. The molecule has 5 heteroatoms. The van der Waals surface area contributed by atoms with Gasteiger partial charge in [0, 0.05) is 5.71 Å². The van der Waals surface area contributed by atoms with Crippen LogP contribution in [0.25, 0.3) is 0 Å². The van der Waals surface area contributed by atoms with Crippen LogP contribution in [-0.4, -0.2) is 40.4 Å². The van der Waals surface area contributed by atoms with Crippen molar-refractivity contribution in [1.82, 2.24) is 5.01 Å².